The number of para-hydroxylation sites is 1. The fraction of sp³-hybridized carbons (Fsp3) is 0.100. The van der Waals surface area contributed by atoms with Gasteiger partial charge in [0.25, 0.3) is 0 Å². The van der Waals surface area contributed by atoms with Crippen molar-refractivity contribution in [2.45, 2.75) is 6.42 Å². The molecule has 3 nitrogen and oxygen atoms in total. The molecule has 1 amide bonds. The first-order chi connectivity index (χ1) is 6.24. The van der Waals surface area contributed by atoms with Crippen LogP contribution in [0.1, 0.15) is 5.56 Å². The van der Waals surface area contributed by atoms with Gasteiger partial charge in [-0.1, -0.05) is 24.8 Å². The molecule has 3 heteroatoms. The second-order valence-corrected chi connectivity index (χ2v) is 2.54. The topological polar surface area (TPSA) is 52.3 Å². The lowest BCUT2D eigenvalue weighted by Gasteiger charge is -2.05. The largest absolute Gasteiger partial charge is 0.465 e. The van der Waals surface area contributed by atoms with Crippen LogP contribution in [0.25, 0.3) is 0 Å². The van der Waals surface area contributed by atoms with Crippen LogP contribution in [-0.2, 0) is 11.2 Å². The Morgan fingerprint density at radius 2 is 2.23 bits per heavy atom. The van der Waals surface area contributed by atoms with Crippen molar-refractivity contribution in [3.8, 4) is 5.75 Å². The van der Waals surface area contributed by atoms with E-state index in [-0.39, 0.29) is 12.3 Å². The van der Waals surface area contributed by atoms with Crippen molar-refractivity contribution >= 4 is 5.91 Å². The summed E-state index contributed by atoms with van der Waals surface area (Å²) in [5.74, 6) is 0.247. The zero-order valence-electron chi connectivity index (χ0n) is 7.19. The Balaban J connectivity index is 2.90. The zero-order chi connectivity index (χ0) is 9.68. The van der Waals surface area contributed by atoms with Gasteiger partial charge in [-0.3, -0.25) is 4.79 Å². The van der Waals surface area contributed by atoms with Gasteiger partial charge in [-0.15, -0.1) is 0 Å². The molecule has 0 unspecified atom stereocenters. The van der Waals surface area contributed by atoms with E-state index in [4.69, 9.17) is 10.5 Å². The molecule has 0 fully saturated rings. The van der Waals surface area contributed by atoms with Crippen LogP contribution in [0.4, 0.5) is 0 Å². The molecule has 1 aromatic carbocycles. The predicted octanol–water partition coefficient (Wildman–Crippen LogP) is 1.24. The minimum absolute atomic E-state index is 0.185. The summed E-state index contributed by atoms with van der Waals surface area (Å²) >= 11 is 0. The number of nitrogens with two attached hydrogens (primary N) is 1. The maximum absolute atomic E-state index is 10.7. The highest BCUT2D eigenvalue weighted by Crippen LogP contribution is 2.18. The van der Waals surface area contributed by atoms with Crippen LogP contribution in [-0.4, -0.2) is 5.91 Å². The number of benzene rings is 1. The molecule has 0 heterocycles. The van der Waals surface area contributed by atoms with Crippen molar-refractivity contribution in [1.29, 1.82) is 0 Å². The maximum Gasteiger partial charge on any atom is 0.221 e. The molecular formula is C10H11NO2. The molecule has 0 aliphatic heterocycles. The SMILES string of the molecule is C=COc1ccccc1CC(N)=O. The number of amides is 1. The minimum Gasteiger partial charge on any atom is -0.465 e. The highest BCUT2D eigenvalue weighted by atomic mass is 16.5. The van der Waals surface area contributed by atoms with E-state index in [2.05, 4.69) is 6.58 Å². The summed E-state index contributed by atoms with van der Waals surface area (Å²) in [6.07, 6.45) is 1.50. The molecular weight excluding hydrogens is 166 g/mol. The second kappa shape index (κ2) is 4.30. The molecule has 1 aromatic rings. The van der Waals surface area contributed by atoms with Crippen LogP contribution in [0.3, 0.4) is 0 Å². The Morgan fingerprint density at radius 3 is 2.85 bits per heavy atom. The standard InChI is InChI=1S/C10H11NO2/c1-2-13-9-6-4-3-5-8(9)7-10(11)12/h2-6H,1,7H2,(H2,11,12). The Morgan fingerprint density at radius 1 is 1.54 bits per heavy atom. The number of carbonyl (C=O) groups is 1. The Kier molecular flexibility index (Phi) is 3.09. The fourth-order valence-electron chi connectivity index (χ4n) is 1.04. The number of ether oxygens (including phenoxy) is 1. The van der Waals surface area contributed by atoms with Crippen molar-refractivity contribution in [2.75, 3.05) is 0 Å². The third-order valence-corrected chi connectivity index (χ3v) is 1.55. The first-order valence-electron chi connectivity index (χ1n) is 3.88. The quantitative estimate of drug-likeness (QED) is 0.703. The van der Waals surface area contributed by atoms with Gasteiger partial charge in [0.1, 0.15) is 5.75 Å². The average molecular weight is 177 g/mol. The van der Waals surface area contributed by atoms with Gasteiger partial charge in [-0.2, -0.15) is 0 Å². The van der Waals surface area contributed by atoms with E-state index in [0.29, 0.717) is 5.75 Å². The summed E-state index contributed by atoms with van der Waals surface area (Å²) in [4.78, 5) is 10.7. The van der Waals surface area contributed by atoms with E-state index in [1.807, 2.05) is 12.1 Å². The number of carbonyl (C=O) groups excluding carboxylic acids is 1. The van der Waals surface area contributed by atoms with Gasteiger partial charge in [0.15, 0.2) is 0 Å². The monoisotopic (exact) mass is 177 g/mol. The van der Waals surface area contributed by atoms with Gasteiger partial charge in [0.05, 0.1) is 12.7 Å². The summed E-state index contributed by atoms with van der Waals surface area (Å²) in [6.45, 7) is 3.44. The zero-order valence-corrected chi connectivity index (χ0v) is 7.19. The molecule has 0 atom stereocenters. The molecule has 2 N–H and O–H groups in total. The van der Waals surface area contributed by atoms with Crippen molar-refractivity contribution in [1.82, 2.24) is 0 Å². The van der Waals surface area contributed by atoms with E-state index >= 15 is 0 Å². The Labute approximate surface area is 76.8 Å². The van der Waals surface area contributed by atoms with Crippen molar-refractivity contribution in [2.24, 2.45) is 5.73 Å². The van der Waals surface area contributed by atoms with E-state index in [1.54, 1.807) is 12.1 Å². The molecule has 0 aromatic heterocycles. The molecule has 68 valence electrons. The highest BCUT2D eigenvalue weighted by molar-refractivity contribution is 5.77. The van der Waals surface area contributed by atoms with E-state index in [0.717, 1.165) is 5.56 Å². The fourth-order valence-corrected chi connectivity index (χ4v) is 1.04. The lowest BCUT2D eigenvalue weighted by molar-refractivity contribution is -0.117. The van der Waals surface area contributed by atoms with Crippen molar-refractivity contribution < 1.29 is 9.53 Å². The van der Waals surface area contributed by atoms with Gasteiger partial charge >= 0.3 is 0 Å². The van der Waals surface area contributed by atoms with Crippen LogP contribution in [0.5, 0.6) is 5.75 Å². The number of rotatable bonds is 4. The molecule has 0 aliphatic carbocycles. The second-order valence-electron chi connectivity index (χ2n) is 2.54. The predicted molar refractivity (Wildman–Crippen MR) is 50.2 cm³/mol. The van der Waals surface area contributed by atoms with Gasteiger partial charge in [-0.25, -0.2) is 0 Å². The third kappa shape index (κ3) is 2.63. The lowest BCUT2D eigenvalue weighted by Crippen LogP contribution is -2.14. The first kappa shape index (κ1) is 9.32. The van der Waals surface area contributed by atoms with E-state index in [9.17, 15) is 4.79 Å². The summed E-state index contributed by atoms with van der Waals surface area (Å²) < 4.78 is 5.09. The smallest absolute Gasteiger partial charge is 0.221 e. The van der Waals surface area contributed by atoms with Gasteiger partial charge in [-0.05, 0) is 6.07 Å². The van der Waals surface area contributed by atoms with Gasteiger partial charge in [0, 0.05) is 5.56 Å². The van der Waals surface area contributed by atoms with Crippen LogP contribution in [0.2, 0.25) is 0 Å². The Bertz CT molecular complexity index is 320. The Hall–Kier alpha value is -1.77. The first-order valence-corrected chi connectivity index (χ1v) is 3.88. The minimum atomic E-state index is -0.375. The highest BCUT2D eigenvalue weighted by Gasteiger charge is 2.04. The molecule has 0 radical (unpaired) electrons. The molecule has 1 rings (SSSR count). The number of hydrogen-bond acceptors (Lipinski definition) is 2. The van der Waals surface area contributed by atoms with E-state index in [1.165, 1.54) is 6.26 Å². The molecule has 0 saturated carbocycles. The van der Waals surface area contributed by atoms with Crippen molar-refractivity contribution in [3.63, 3.8) is 0 Å². The van der Waals surface area contributed by atoms with Crippen LogP contribution >= 0.6 is 0 Å². The normalized spacial score (nSPS) is 9.23. The molecule has 0 saturated heterocycles. The van der Waals surface area contributed by atoms with Gasteiger partial charge in [0.2, 0.25) is 5.91 Å². The van der Waals surface area contributed by atoms with Crippen molar-refractivity contribution in [3.05, 3.63) is 42.7 Å². The lowest BCUT2D eigenvalue weighted by atomic mass is 10.1. The van der Waals surface area contributed by atoms with Crippen LogP contribution in [0.15, 0.2) is 37.1 Å². The summed E-state index contributed by atoms with van der Waals surface area (Å²) in [7, 11) is 0. The van der Waals surface area contributed by atoms with E-state index < -0.39 is 0 Å². The molecule has 0 bridgehead atoms. The molecule has 0 spiro atoms. The third-order valence-electron chi connectivity index (χ3n) is 1.55. The average Bonchev–Trinajstić information content (AvgIpc) is 2.08. The van der Waals surface area contributed by atoms with Crippen LogP contribution in [0, 0.1) is 0 Å². The molecule has 0 aliphatic rings. The number of primary amides is 1. The summed E-state index contributed by atoms with van der Waals surface area (Å²) in [5.41, 5.74) is 5.84. The molecule has 13 heavy (non-hydrogen) atoms. The maximum atomic E-state index is 10.7. The number of hydrogen-bond donors (Lipinski definition) is 1. The summed E-state index contributed by atoms with van der Waals surface area (Å²) in [6, 6.07) is 7.21. The van der Waals surface area contributed by atoms with Gasteiger partial charge < -0.3 is 10.5 Å². The summed E-state index contributed by atoms with van der Waals surface area (Å²) in [5, 5.41) is 0. The van der Waals surface area contributed by atoms with Crippen LogP contribution < -0.4 is 10.5 Å².